The van der Waals surface area contributed by atoms with Gasteiger partial charge >= 0.3 is 0 Å². The third kappa shape index (κ3) is 2.18. The summed E-state index contributed by atoms with van der Waals surface area (Å²) in [7, 11) is 0. The highest BCUT2D eigenvalue weighted by atomic mass is 35.5. The van der Waals surface area contributed by atoms with Crippen LogP contribution in [0.25, 0.3) is 5.69 Å². The first kappa shape index (κ1) is 12.8. The fourth-order valence-electron chi connectivity index (χ4n) is 1.82. The molecule has 0 bridgehead atoms. The van der Waals surface area contributed by atoms with Crippen LogP contribution >= 0.6 is 11.6 Å². The number of carbonyl (C=O) groups excluding carboxylic acids is 1. The molecule has 0 amide bonds. The second-order valence-corrected chi connectivity index (χ2v) is 4.92. The summed E-state index contributed by atoms with van der Waals surface area (Å²) in [5, 5.41) is 4.64. The van der Waals surface area contributed by atoms with E-state index in [0.29, 0.717) is 22.3 Å². The quantitative estimate of drug-likeness (QED) is 0.789. The van der Waals surface area contributed by atoms with Crippen LogP contribution in [0.1, 0.15) is 41.4 Å². The summed E-state index contributed by atoms with van der Waals surface area (Å²) >= 11 is 6.14. The maximum absolute atomic E-state index is 10.9. The molecule has 1 aromatic carbocycles. The van der Waals surface area contributed by atoms with Gasteiger partial charge < -0.3 is 0 Å². The summed E-state index contributed by atoms with van der Waals surface area (Å²) in [5.74, 6) is 0.486. The summed E-state index contributed by atoms with van der Waals surface area (Å²) < 4.78 is 1.59. The molecule has 2 rings (SSSR count). The summed E-state index contributed by atoms with van der Waals surface area (Å²) in [6.07, 6.45) is 0.740. The van der Waals surface area contributed by atoms with Gasteiger partial charge in [0.1, 0.15) is 5.15 Å². The van der Waals surface area contributed by atoms with E-state index in [2.05, 4.69) is 18.9 Å². The lowest BCUT2D eigenvalue weighted by molar-refractivity contribution is 0.112. The summed E-state index contributed by atoms with van der Waals surface area (Å²) in [4.78, 5) is 10.9. The lowest BCUT2D eigenvalue weighted by Crippen LogP contribution is -1.97. The van der Waals surface area contributed by atoms with Crippen LogP contribution < -0.4 is 0 Å². The van der Waals surface area contributed by atoms with Gasteiger partial charge in [0.2, 0.25) is 0 Å². The fraction of sp³-hybridized carbons (Fsp3) is 0.286. The summed E-state index contributed by atoms with van der Waals surface area (Å²) in [5.41, 5.74) is 3.21. The molecule has 3 nitrogen and oxygen atoms in total. The molecule has 18 heavy (non-hydrogen) atoms. The van der Waals surface area contributed by atoms with Crippen molar-refractivity contribution in [2.45, 2.75) is 26.7 Å². The minimum absolute atomic E-state index is 0.361. The van der Waals surface area contributed by atoms with Gasteiger partial charge in [0, 0.05) is 0 Å². The Labute approximate surface area is 111 Å². The maximum atomic E-state index is 10.9. The Kier molecular flexibility index (Phi) is 3.53. The monoisotopic (exact) mass is 262 g/mol. The largest absolute Gasteiger partial charge is 0.298 e. The molecule has 0 saturated carbocycles. The molecule has 1 aromatic heterocycles. The minimum atomic E-state index is 0.361. The van der Waals surface area contributed by atoms with Crippen LogP contribution in [-0.2, 0) is 0 Å². The first-order chi connectivity index (χ1) is 8.54. The van der Waals surface area contributed by atoms with Gasteiger partial charge in [0.25, 0.3) is 0 Å². The Balaban J connectivity index is 2.46. The Morgan fingerprint density at radius 1 is 1.28 bits per heavy atom. The van der Waals surface area contributed by atoms with E-state index in [1.54, 1.807) is 11.6 Å². The zero-order valence-corrected chi connectivity index (χ0v) is 11.4. The molecule has 0 unspecified atom stereocenters. The summed E-state index contributed by atoms with van der Waals surface area (Å²) in [6.45, 7) is 6.06. The third-order valence-electron chi connectivity index (χ3n) is 2.97. The molecule has 0 fully saturated rings. The fourth-order valence-corrected chi connectivity index (χ4v) is 2.13. The standard InChI is InChI=1S/C14H15ClN2O/c1-9(2)11-4-6-12(7-5-11)17-14(15)13(8-18)10(3)16-17/h4-9H,1-3H3. The molecule has 0 aliphatic rings. The highest BCUT2D eigenvalue weighted by molar-refractivity contribution is 6.32. The number of aromatic nitrogens is 2. The van der Waals surface area contributed by atoms with Crippen molar-refractivity contribution in [3.8, 4) is 5.69 Å². The van der Waals surface area contributed by atoms with E-state index < -0.39 is 0 Å². The van der Waals surface area contributed by atoms with Crippen LogP contribution in [0.5, 0.6) is 0 Å². The van der Waals surface area contributed by atoms with Crippen molar-refractivity contribution in [2.75, 3.05) is 0 Å². The summed E-state index contributed by atoms with van der Waals surface area (Å²) in [6, 6.07) is 8.02. The highest BCUT2D eigenvalue weighted by Gasteiger charge is 2.13. The SMILES string of the molecule is Cc1nn(-c2ccc(C(C)C)cc2)c(Cl)c1C=O. The highest BCUT2D eigenvalue weighted by Crippen LogP contribution is 2.23. The van der Waals surface area contributed by atoms with Crippen molar-refractivity contribution < 1.29 is 4.79 Å². The second-order valence-electron chi connectivity index (χ2n) is 4.57. The topological polar surface area (TPSA) is 34.9 Å². The number of benzene rings is 1. The normalized spacial score (nSPS) is 10.9. The van der Waals surface area contributed by atoms with E-state index in [9.17, 15) is 4.79 Å². The molecule has 0 radical (unpaired) electrons. The molecule has 0 aliphatic carbocycles. The number of rotatable bonds is 3. The predicted octanol–water partition coefficient (Wildman–Crippen LogP) is 3.77. The average Bonchev–Trinajstić information content (AvgIpc) is 2.64. The molecular weight excluding hydrogens is 248 g/mol. The number of halogens is 1. The Hall–Kier alpha value is -1.61. The lowest BCUT2D eigenvalue weighted by atomic mass is 10.0. The van der Waals surface area contributed by atoms with Gasteiger partial charge in [0.05, 0.1) is 16.9 Å². The Morgan fingerprint density at radius 2 is 1.89 bits per heavy atom. The number of aryl methyl sites for hydroxylation is 1. The van der Waals surface area contributed by atoms with Gasteiger partial charge in [0.15, 0.2) is 6.29 Å². The third-order valence-corrected chi connectivity index (χ3v) is 3.33. The van der Waals surface area contributed by atoms with E-state index in [-0.39, 0.29) is 0 Å². The van der Waals surface area contributed by atoms with Crippen LogP contribution in [0.3, 0.4) is 0 Å². The van der Waals surface area contributed by atoms with Gasteiger partial charge in [-0.15, -0.1) is 0 Å². The van der Waals surface area contributed by atoms with Crippen molar-refractivity contribution in [1.29, 1.82) is 0 Å². The first-order valence-corrected chi connectivity index (χ1v) is 6.23. The molecule has 94 valence electrons. The molecule has 0 saturated heterocycles. The van der Waals surface area contributed by atoms with E-state index in [0.717, 1.165) is 12.0 Å². The zero-order chi connectivity index (χ0) is 13.3. The molecule has 1 heterocycles. The van der Waals surface area contributed by atoms with E-state index in [1.165, 1.54) is 5.56 Å². The Morgan fingerprint density at radius 3 is 2.33 bits per heavy atom. The molecule has 2 aromatic rings. The molecule has 0 N–H and O–H groups in total. The molecular formula is C14H15ClN2O. The van der Waals surface area contributed by atoms with Crippen molar-refractivity contribution >= 4 is 17.9 Å². The van der Waals surface area contributed by atoms with Gasteiger partial charge in [-0.3, -0.25) is 4.79 Å². The van der Waals surface area contributed by atoms with Crippen LogP contribution in [0.15, 0.2) is 24.3 Å². The molecule has 4 heteroatoms. The lowest BCUT2D eigenvalue weighted by Gasteiger charge is -2.07. The van der Waals surface area contributed by atoms with Crippen molar-refractivity contribution in [3.05, 3.63) is 46.2 Å². The van der Waals surface area contributed by atoms with Gasteiger partial charge in [-0.05, 0) is 30.5 Å². The number of hydrogen-bond donors (Lipinski definition) is 0. The number of aldehydes is 1. The minimum Gasteiger partial charge on any atom is -0.298 e. The first-order valence-electron chi connectivity index (χ1n) is 5.85. The number of nitrogens with zero attached hydrogens (tertiary/aromatic N) is 2. The van der Waals surface area contributed by atoms with Crippen molar-refractivity contribution in [2.24, 2.45) is 0 Å². The average molecular weight is 263 g/mol. The van der Waals surface area contributed by atoms with Gasteiger partial charge in [-0.1, -0.05) is 37.6 Å². The molecule has 0 aliphatic heterocycles. The van der Waals surface area contributed by atoms with Crippen LogP contribution in [0.4, 0.5) is 0 Å². The molecule has 0 spiro atoms. The second kappa shape index (κ2) is 4.94. The number of carbonyl (C=O) groups is 1. The predicted molar refractivity (Wildman–Crippen MR) is 72.8 cm³/mol. The number of hydrogen-bond acceptors (Lipinski definition) is 2. The van der Waals surface area contributed by atoms with E-state index >= 15 is 0 Å². The van der Waals surface area contributed by atoms with Crippen LogP contribution in [0, 0.1) is 6.92 Å². The van der Waals surface area contributed by atoms with Crippen LogP contribution in [-0.4, -0.2) is 16.1 Å². The van der Waals surface area contributed by atoms with Crippen LogP contribution in [0.2, 0.25) is 5.15 Å². The van der Waals surface area contributed by atoms with Gasteiger partial charge in [-0.25, -0.2) is 4.68 Å². The van der Waals surface area contributed by atoms with Crippen molar-refractivity contribution in [1.82, 2.24) is 9.78 Å². The molecule has 0 atom stereocenters. The van der Waals surface area contributed by atoms with E-state index in [1.807, 2.05) is 24.3 Å². The van der Waals surface area contributed by atoms with E-state index in [4.69, 9.17) is 11.6 Å². The zero-order valence-electron chi connectivity index (χ0n) is 10.6. The Bertz CT molecular complexity index is 570. The van der Waals surface area contributed by atoms with Crippen molar-refractivity contribution in [3.63, 3.8) is 0 Å². The maximum Gasteiger partial charge on any atom is 0.155 e. The smallest absolute Gasteiger partial charge is 0.155 e. The van der Waals surface area contributed by atoms with Gasteiger partial charge in [-0.2, -0.15) is 5.10 Å².